The molecule has 0 fully saturated rings. The van der Waals surface area contributed by atoms with Gasteiger partial charge in [0, 0.05) is 17.3 Å². The van der Waals surface area contributed by atoms with Gasteiger partial charge in [-0.05, 0) is 43.3 Å². The third kappa shape index (κ3) is 4.45. The molecule has 0 radical (unpaired) electrons. The summed E-state index contributed by atoms with van der Waals surface area (Å²) in [5, 5.41) is 10.8. The van der Waals surface area contributed by atoms with Gasteiger partial charge in [-0.3, -0.25) is 4.79 Å². The van der Waals surface area contributed by atoms with Crippen LogP contribution in [-0.4, -0.2) is 41.7 Å². The molecule has 1 aromatic heterocycles. The van der Waals surface area contributed by atoms with E-state index in [0.717, 1.165) is 11.3 Å². The number of hydrogen-bond acceptors (Lipinski definition) is 8. The quantitative estimate of drug-likeness (QED) is 0.612. The molecule has 3 aromatic rings. The zero-order valence-corrected chi connectivity index (χ0v) is 16.7. The Bertz CT molecular complexity index is 1010. The van der Waals surface area contributed by atoms with Crippen molar-refractivity contribution in [1.29, 1.82) is 0 Å². The smallest absolute Gasteiger partial charge is 0.277 e. The van der Waals surface area contributed by atoms with Crippen LogP contribution < -0.4 is 19.5 Å². The number of thioether (sulfide) groups is 1. The molecule has 29 heavy (non-hydrogen) atoms. The van der Waals surface area contributed by atoms with Crippen LogP contribution in [0.2, 0.25) is 0 Å². The number of hydrogen-bond donors (Lipinski definition) is 1. The van der Waals surface area contributed by atoms with E-state index in [1.54, 1.807) is 32.2 Å². The number of carbonyl (C=O) groups excluding carboxylic acids is 1. The molecule has 1 aliphatic rings. The Balaban J connectivity index is 1.38. The monoisotopic (exact) mass is 413 g/mol. The lowest BCUT2D eigenvalue weighted by molar-refractivity contribution is -0.115. The first-order valence-corrected chi connectivity index (χ1v) is 9.85. The maximum absolute atomic E-state index is 12.5. The Morgan fingerprint density at radius 1 is 1.10 bits per heavy atom. The number of methoxy groups -OCH3 is 1. The number of rotatable bonds is 6. The number of aromatic nitrogens is 2. The molecule has 2 aromatic carbocycles. The van der Waals surface area contributed by atoms with Gasteiger partial charge in [-0.25, -0.2) is 0 Å². The number of amides is 1. The van der Waals surface area contributed by atoms with Crippen molar-refractivity contribution in [3.63, 3.8) is 0 Å². The SMILES string of the molecule is COc1ccc(-c2nnc(S[C@H](C)C(=O)Nc3ccc4c(c3)OCCO4)o2)cc1. The van der Waals surface area contributed by atoms with Crippen molar-refractivity contribution in [3.8, 4) is 28.7 Å². The summed E-state index contributed by atoms with van der Waals surface area (Å²) in [4.78, 5) is 12.5. The molecule has 0 saturated heterocycles. The molecule has 0 spiro atoms. The zero-order valence-electron chi connectivity index (χ0n) is 15.9. The molecule has 1 amide bonds. The van der Waals surface area contributed by atoms with Crippen LogP contribution in [-0.2, 0) is 4.79 Å². The number of fused-ring (bicyclic) bond motifs is 1. The molecule has 8 nitrogen and oxygen atoms in total. The van der Waals surface area contributed by atoms with E-state index in [2.05, 4.69) is 15.5 Å². The number of benzene rings is 2. The average molecular weight is 413 g/mol. The van der Waals surface area contributed by atoms with E-state index >= 15 is 0 Å². The summed E-state index contributed by atoms with van der Waals surface area (Å²) in [6, 6.07) is 12.6. The summed E-state index contributed by atoms with van der Waals surface area (Å²) in [6.45, 7) is 2.79. The van der Waals surface area contributed by atoms with E-state index in [0.29, 0.717) is 41.5 Å². The maximum Gasteiger partial charge on any atom is 0.277 e. The van der Waals surface area contributed by atoms with Crippen molar-refractivity contribution < 1.29 is 23.4 Å². The van der Waals surface area contributed by atoms with Crippen LogP contribution in [0.5, 0.6) is 17.2 Å². The predicted molar refractivity (Wildman–Crippen MR) is 108 cm³/mol. The van der Waals surface area contributed by atoms with Crippen molar-refractivity contribution in [2.75, 3.05) is 25.6 Å². The molecule has 9 heteroatoms. The van der Waals surface area contributed by atoms with Crippen LogP contribution in [0, 0.1) is 0 Å². The topological polar surface area (TPSA) is 95.7 Å². The normalized spacial score (nSPS) is 13.6. The highest BCUT2D eigenvalue weighted by atomic mass is 32.2. The summed E-state index contributed by atoms with van der Waals surface area (Å²) in [5.41, 5.74) is 1.41. The highest BCUT2D eigenvalue weighted by Gasteiger charge is 2.20. The second-order valence-corrected chi connectivity index (χ2v) is 7.50. The zero-order chi connectivity index (χ0) is 20.2. The fourth-order valence-electron chi connectivity index (χ4n) is 2.68. The first kappa shape index (κ1) is 19.1. The summed E-state index contributed by atoms with van der Waals surface area (Å²) < 4.78 is 21.8. The van der Waals surface area contributed by atoms with Crippen molar-refractivity contribution in [3.05, 3.63) is 42.5 Å². The molecule has 2 heterocycles. The Morgan fingerprint density at radius 2 is 1.86 bits per heavy atom. The van der Waals surface area contributed by atoms with Crippen LogP contribution in [0.25, 0.3) is 11.5 Å². The lowest BCUT2D eigenvalue weighted by Crippen LogP contribution is -2.22. The molecule has 0 unspecified atom stereocenters. The number of nitrogens with zero attached hydrogens (tertiary/aromatic N) is 2. The van der Waals surface area contributed by atoms with Gasteiger partial charge in [0.15, 0.2) is 11.5 Å². The largest absolute Gasteiger partial charge is 0.497 e. The molecule has 0 saturated carbocycles. The molecule has 0 bridgehead atoms. The number of ether oxygens (including phenoxy) is 3. The highest BCUT2D eigenvalue weighted by molar-refractivity contribution is 8.00. The van der Waals surface area contributed by atoms with Crippen molar-refractivity contribution in [2.24, 2.45) is 0 Å². The average Bonchev–Trinajstić information content (AvgIpc) is 3.22. The number of nitrogens with one attached hydrogen (secondary N) is 1. The predicted octanol–water partition coefficient (Wildman–Crippen LogP) is 3.64. The Labute approximate surface area is 171 Å². The maximum atomic E-state index is 12.5. The van der Waals surface area contributed by atoms with Gasteiger partial charge in [0.1, 0.15) is 19.0 Å². The second-order valence-electron chi connectivity index (χ2n) is 6.21. The van der Waals surface area contributed by atoms with Gasteiger partial charge in [-0.15, -0.1) is 10.2 Å². The third-order valence-corrected chi connectivity index (χ3v) is 5.13. The van der Waals surface area contributed by atoms with Crippen LogP contribution in [0.3, 0.4) is 0 Å². The number of anilines is 1. The van der Waals surface area contributed by atoms with Crippen LogP contribution in [0.4, 0.5) is 5.69 Å². The first-order chi connectivity index (χ1) is 14.1. The van der Waals surface area contributed by atoms with Gasteiger partial charge in [0.2, 0.25) is 11.8 Å². The van der Waals surface area contributed by atoms with Gasteiger partial charge in [0.05, 0.1) is 12.4 Å². The molecular formula is C20H19N3O5S. The lowest BCUT2D eigenvalue weighted by Gasteiger charge is -2.19. The Morgan fingerprint density at radius 3 is 2.62 bits per heavy atom. The second kappa shape index (κ2) is 8.44. The van der Waals surface area contributed by atoms with Crippen LogP contribution >= 0.6 is 11.8 Å². The minimum Gasteiger partial charge on any atom is -0.497 e. The fourth-order valence-corrected chi connectivity index (χ4v) is 3.36. The van der Waals surface area contributed by atoms with E-state index in [9.17, 15) is 4.79 Å². The molecule has 1 aliphatic heterocycles. The van der Waals surface area contributed by atoms with Gasteiger partial charge < -0.3 is 23.9 Å². The van der Waals surface area contributed by atoms with E-state index in [4.69, 9.17) is 18.6 Å². The van der Waals surface area contributed by atoms with Crippen molar-refractivity contribution in [1.82, 2.24) is 10.2 Å². The molecule has 1 atom stereocenters. The van der Waals surface area contributed by atoms with Gasteiger partial charge in [-0.1, -0.05) is 11.8 Å². The number of carbonyl (C=O) groups is 1. The molecule has 0 aliphatic carbocycles. The van der Waals surface area contributed by atoms with Crippen molar-refractivity contribution >= 4 is 23.4 Å². The Kier molecular flexibility index (Phi) is 5.57. The van der Waals surface area contributed by atoms with Crippen molar-refractivity contribution in [2.45, 2.75) is 17.4 Å². The summed E-state index contributed by atoms with van der Waals surface area (Å²) in [7, 11) is 1.61. The third-order valence-electron chi connectivity index (χ3n) is 4.20. The minimum absolute atomic E-state index is 0.184. The standard InChI is InChI=1S/C20H19N3O5S/c1-12(18(24)21-14-5-8-16-17(11-14)27-10-9-26-16)29-20-23-22-19(28-20)13-3-6-15(25-2)7-4-13/h3-8,11-12H,9-10H2,1-2H3,(H,21,24)/t12-/m1/s1. The minimum atomic E-state index is -0.438. The van der Waals surface area contributed by atoms with E-state index in [1.807, 2.05) is 24.3 Å². The molecule has 4 rings (SSSR count). The summed E-state index contributed by atoms with van der Waals surface area (Å²) in [6.07, 6.45) is 0. The summed E-state index contributed by atoms with van der Waals surface area (Å²) in [5.74, 6) is 2.24. The lowest BCUT2D eigenvalue weighted by atomic mass is 10.2. The van der Waals surface area contributed by atoms with Crippen LogP contribution in [0.15, 0.2) is 52.1 Å². The van der Waals surface area contributed by atoms with Gasteiger partial charge in [-0.2, -0.15) is 0 Å². The molecular weight excluding hydrogens is 394 g/mol. The first-order valence-electron chi connectivity index (χ1n) is 8.97. The van der Waals surface area contributed by atoms with E-state index in [-0.39, 0.29) is 5.91 Å². The van der Waals surface area contributed by atoms with E-state index in [1.165, 1.54) is 11.8 Å². The fraction of sp³-hybridized carbons (Fsp3) is 0.250. The van der Waals surface area contributed by atoms with Crippen LogP contribution in [0.1, 0.15) is 6.92 Å². The van der Waals surface area contributed by atoms with Gasteiger partial charge in [0.25, 0.3) is 5.22 Å². The molecule has 1 N–H and O–H groups in total. The molecule has 150 valence electrons. The highest BCUT2D eigenvalue weighted by Crippen LogP contribution is 2.33. The Hall–Kier alpha value is -3.20. The summed E-state index contributed by atoms with van der Waals surface area (Å²) >= 11 is 1.19. The van der Waals surface area contributed by atoms with E-state index < -0.39 is 5.25 Å². The van der Waals surface area contributed by atoms with Gasteiger partial charge >= 0.3 is 0 Å².